The molecule has 2 aromatic rings. The fraction of sp³-hybridized carbons (Fsp3) is 0. The minimum Gasteiger partial charge on any atom is -0.332 e. The fourth-order valence-corrected chi connectivity index (χ4v) is 1.87. The van der Waals surface area contributed by atoms with E-state index in [0.717, 1.165) is 10.2 Å². The molecule has 1 heterocycles. The Morgan fingerprint density at radius 1 is 1.20 bits per heavy atom. The van der Waals surface area contributed by atoms with E-state index >= 15 is 0 Å². The van der Waals surface area contributed by atoms with Crippen molar-refractivity contribution in [2.45, 2.75) is 0 Å². The van der Waals surface area contributed by atoms with Crippen LogP contribution in [0.1, 0.15) is 0 Å². The standard InChI is InChI=1S/C12H9BrN4O2S/c13-8-1-3-9(4-2-8)15-12(20)16-11-6-5-10(7-14-11)17(18)19/h1-7H,(H2,14,15,16,20). The molecule has 1 aromatic heterocycles. The molecule has 1 aromatic carbocycles. The maximum Gasteiger partial charge on any atom is 0.287 e. The maximum atomic E-state index is 10.5. The summed E-state index contributed by atoms with van der Waals surface area (Å²) in [5.74, 6) is 0.435. The normalized spacial score (nSPS) is 9.85. The minimum absolute atomic E-state index is 0.0673. The lowest BCUT2D eigenvalue weighted by molar-refractivity contribution is -0.385. The highest BCUT2D eigenvalue weighted by Gasteiger charge is 2.06. The summed E-state index contributed by atoms with van der Waals surface area (Å²) in [5.41, 5.74) is 0.759. The Hall–Kier alpha value is -2.06. The molecule has 8 heteroatoms. The smallest absolute Gasteiger partial charge is 0.287 e. The first-order valence-corrected chi connectivity index (χ1v) is 6.69. The fourth-order valence-electron chi connectivity index (χ4n) is 1.38. The third-order valence-electron chi connectivity index (χ3n) is 2.30. The van der Waals surface area contributed by atoms with E-state index in [4.69, 9.17) is 12.2 Å². The monoisotopic (exact) mass is 352 g/mol. The summed E-state index contributed by atoms with van der Waals surface area (Å²) in [6.07, 6.45) is 1.17. The van der Waals surface area contributed by atoms with Crippen molar-refractivity contribution in [1.29, 1.82) is 0 Å². The summed E-state index contributed by atoms with van der Waals surface area (Å²) in [5, 5.41) is 16.7. The second-order valence-corrected chi connectivity index (χ2v) is 5.07. The van der Waals surface area contributed by atoms with Crippen LogP contribution in [0.15, 0.2) is 47.1 Å². The number of thiocarbonyl (C=S) groups is 1. The number of nitrogens with zero attached hydrogens (tertiary/aromatic N) is 2. The molecule has 20 heavy (non-hydrogen) atoms. The Morgan fingerprint density at radius 2 is 1.90 bits per heavy atom. The first-order valence-electron chi connectivity index (χ1n) is 5.48. The Labute approximate surface area is 128 Å². The quantitative estimate of drug-likeness (QED) is 0.499. The lowest BCUT2D eigenvalue weighted by Gasteiger charge is -2.09. The van der Waals surface area contributed by atoms with Crippen molar-refractivity contribution in [2.75, 3.05) is 10.6 Å². The van der Waals surface area contributed by atoms with E-state index in [2.05, 4.69) is 31.5 Å². The van der Waals surface area contributed by atoms with Gasteiger partial charge in [-0.3, -0.25) is 10.1 Å². The van der Waals surface area contributed by atoms with E-state index in [1.807, 2.05) is 24.3 Å². The number of hydrogen-bond acceptors (Lipinski definition) is 4. The zero-order chi connectivity index (χ0) is 14.5. The Kier molecular flexibility index (Phi) is 4.59. The predicted octanol–water partition coefficient (Wildman–Crippen LogP) is 3.56. The van der Waals surface area contributed by atoms with Crippen LogP contribution in [0.5, 0.6) is 0 Å². The molecule has 0 aliphatic heterocycles. The van der Waals surface area contributed by atoms with E-state index in [0.29, 0.717) is 10.9 Å². The van der Waals surface area contributed by atoms with Gasteiger partial charge in [0.2, 0.25) is 0 Å². The largest absolute Gasteiger partial charge is 0.332 e. The lowest BCUT2D eigenvalue weighted by atomic mass is 10.3. The van der Waals surface area contributed by atoms with E-state index in [1.54, 1.807) is 0 Å². The number of benzene rings is 1. The van der Waals surface area contributed by atoms with Crippen molar-refractivity contribution in [3.8, 4) is 0 Å². The molecule has 0 unspecified atom stereocenters. The molecule has 0 radical (unpaired) electrons. The van der Waals surface area contributed by atoms with Gasteiger partial charge < -0.3 is 10.6 Å². The maximum absolute atomic E-state index is 10.5. The minimum atomic E-state index is -0.505. The van der Waals surface area contributed by atoms with Crippen LogP contribution in [0.3, 0.4) is 0 Å². The predicted molar refractivity (Wildman–Crippen MR) is 84.9 cm³/mol. The van der Waals surface area contributed by atoms with Crippen LogP contribution in [-0.2, 0) is 0 Å². The molecule has 0 fully saturated rings. The molecular formula is C12H9BrN4O2S. The summed E-state index contributed by atoms with van der Waals surface area (Å²) in [4.78, 5) is 13.9. The Bertz CT molecular complexity index is 631. The highest BCUT2D eigenvalue weighted by atomic mass is 79.9. The van der Waals surface area contributed by atoms with E-state index < -0.39 is 4.92 Å². The molecule has 102 valence electrons. The molecular weight excluding hydrogens is 344 g/mol. The Balaban J connectivity index is 1.97. The van der Waals surface area contributed by atoms with Crippen LogP contribution < -0.4 is 10.6 Å². The van der Waals surface area contributed by atoms with Crippen LogP contribution in [-0.4, -0.2) is 15.0 Å². The van der Waals surface area contributed by atoms with Gasteiger partial charge in [0.15, 0.2) is 5.11 Å². The molecule has 6 nitrogen and oxygen atoms in total. The highest BCUT2D eigenvalue weighted by Crippen LogP contribution is 2.15. The Morgan fingerprint density at radius 3 is 2.45 bits per heavy atom. The second-order valence-electron chi connectivity index (χ2n) is 3.74. The lowest BCUT2D eigenvalue weighted by Crippen LogP contribution is -2.19. The van der Waals surface area contributed by atoms with Crippen LogP contribution in [0.2, 0.25) is 0 Å². The average Bonchev–Trinajstić information content (AvgIpc) is 2.42. The number of anilines is 2. The number of nitro groups is 1. The van der Waals surface area contributed by atoms with Gasteiger partial charge >= 0.3 is 0 Å². The molecule has 0 amide bonds. The summed E-state index contributed by atoms with van der Waals surface area (Å²) in [6, 6.07) is 10.3. The molecule has 0 spiro atoms. The van der Waals surface area contributed by atoms with Crippen molar-refractivity contribution in [3.63, 3.8) is 0 Å². The third-order valence-corrected chi connectivity index (χ3v) is 3.04. The van der Waals surface area contributed by atoms with E-state index in [-0.39, 0.29) is 5.69 Å². The summed E-state index contributed by atoms with van der Waals surface area (Å²) < 4.78 is 0.971. The molecule has 0 saturated heterocycles. The highest BCUT2D eigenvalue weighted by molar-refractivity contribution is 9.10. The van der Waals surface area contributed by atoms with Crippen LogP contribution in [0.4, 0.5) is 17.2 Å². The van der Waals surface area contributed by atoms with Crippen LogP contribution in [0.25, 0.3) is 0 Å². The molecule has 0 aliphatic rings. The first kappa shape index (κ1) is 14.4. The van der Waals surface area contributed by atoms with Crippen molar-refractivity contribution in [3.05, 3.63) is 57.2 Å². The van der Waals surface area contributed by atoms with Gasteiger partial charge in [0.25, 0.3) is 5.69 Å². The van der Waals surface area contributed by atoms with Gasteiger partial charge in [-0.05, 0) is 42.5 Å². The number of aromatic nitrogens is 1. The zero-order valence-electron chi connectivity index (χ0n) is 10.0. The third kappa shape index (κ3) is 3.97. The molecule has 0 bridgehead atoms. The van der Waals surface area contributed by atoms with Gasteiger partial charge in [0.05, 0.1) is 4.92 Å². The van der Waals surface area contributed by atoms with Gasteiger partial charge in [-0.1, -0.05) is 15.9 Å². The van der Waals surface area contributed by atoms with Crippen molar-refractivity contribution < 1.29 is 4.92 Å². The number of nitrogens with one attached hydrogen (secondary N) is 2. The summed E-state index contributed by atoms with van der Waals surface area (Å²) >= 11 is 8.47. The topological polar surface area (TPSA) is 80.1 Å². The summed E-state index contributed by atoms with van der Waals surface area (Å²) in [6.45, 7) is 0. The van der Waals surface area contributed by atoms with Crippen molar-refractivity contribution in [2.24, 2.45) is 0 Å². The van der Waals surface area contributed by atoms with Crippen LogP contribution >= 0.6 is 28.1 Å². The zero-order valence-corrected chi connectivity index (χ0v) is 12.4. The number of halogens is 1. The molecule has 2 rings (SSSR count). The first-order chi connectivity index (χ1) is 9.54. The second kappa shape index (κ2) is 6.40. The van der Waals surface area contributed by atoms with Gasteiger partial charge in [-0.2, -0.15) is 0 Å². The van der Waals surface area contributed by atoms with E-state index in [1.165, 1.54) is 18.3 Å². The molecule has 2 N–H and O–H groups in total. The molecule has 0 atom stereocenters. The summed E-state index contributed by atoms with van der Waals surface area (Å²) in [7, 11) is 0. The SMILES string of the molecule is O=[N+]([O-])c1ccc(NC(=S)Nc2ccc(Br)cc2)nc1. The van der Waals surface area contributed by atoms with Gasteiger partial charge in [0.1, 0.15) is 12.0 Å². The van der Waals surface area contributed by atoms with E-state index in [9.17, 15) is 10.1 Å². The van der Waals surface area contributed by atoms with Gasteiger partial charge in [0, 0.05) is 16.2 Å². The van der Waals surface area contributed by atoms with Crippen LogP contribution in [0, 0.1) is 10.1 Å². The van der Waals surface area contributed by atoms with Crippen molar-refractivity contribution >= 4 is 50.5 Å². The molecule has 0 aliphatic carbocycles. The van der Waals surface area contributed by atoms with Gasteiger partial charge in [-0.25, -0.2) is 4.98 Å². The number of rotatable bonds is 3. The average molecular weight is 353 g/mol. The van der Waals surface area contributed by atoms with Crippen molar-refractivity contribution in [1.82, 2.24) is 4.98 Å². The number of hydrogen-bond donors (Lipinski definition) is 2. The molecule has 0 saturated carbocycles. The number of pyridine rings is 1. The van der Waals surface area contributed by atoms with Gasteiger partial charge in [-0.15, -0.1) is 0 Å².